The molecule has 0 radical (unpaired) electrons. The molecule has 1 aromatic carbocycles. The maximum absolute atomic E-state index is 13.9. The topological polar surface area (TPSA) is 107 Å². The first-order valence-corrected chi connectivity index (χ1v) is 8.59. The van der Waals surface area contributed by atoms with Crippen LogP contribution in [-0.4, -0.2) is 20.4 Å². The molecule has 1 N–H and O–H groups in total. The molecule has 0 unspecified atom stereocenters. The number of halogens is 2. The number of pyridine rings is 1. The number of amides is 1. The molecule has 0 fully saturated rings. The zero-order chi connectivity index (χ0) is 19.6. The summed E-state index contributed by atoms with van der Waals surface area (Å²) in [6.07, 6.45) is 2.28. The Hall–Kier alpha value is -3.11. The van der Waals surface area contributed by atoms with Gasteiger partial charge in [0.15, 0.2) is 5.13 Å². The van der Waals surface area contributed by atoms with Crippen molar-refractivity contribution >= 4 is 39.0 Å². The summed E-state index contributed by atoms with van der Waals surface area (Å²) in [7, 11) is 0. The van der Waals surface area contributed by atoms with Gasteiger partial charge in [0.2, 0.25) is 0 Å². The van der Waals surface area contributed by atoms with Crippen molar-refractivity contribution in [2.24, 2.45) is 0 Å². The molecule has 0 aliphatic heterocycles. The zero-order valence-corrected chi connectivity index (χ0v) is 15.0. The summed E-state index contributed by atoms with van der Waals surface area (Å²) in [5.74, 6) is -1.19. The van der Waals surface area contributed by atoms with Crippen molar-refractivity contribution in [3.05, 3.63) is 85.2 Å². The molecule has 1 amide bonds. The highest BCUT2D eigenvalue weighted by molar-refractivity contribution is 7.18. The Morgan fingerprint density at radius 3 is 2.81 bits per heavy atom. The lowest BCUT2D eigenvalue weighted by Crippen LogP contribution is -2.23. The number of carbonyl (C=O) groups excluding carboxylic acids is 1. The molecule has 138 valence electrons. The standard InChI is InChI=1S/C16H10ClFN4O4S/c17-11-2-1-3-12(18)10(11)8-21-7-9(4-5-13(21)23)15(24)20-16-19-6-14(27-16)22(25)26/h1-7H,8H2,(H,19,20,24). The first-order valence-electron chi connectivity index (χ1n) is 7.40. The van der Waals surface area contributed by atoms with E-state index >= 15 is 0 Å². The van der Waals surface area contributed by atoms with Crippen molar-refractivity contribution in [2.45, 2.75) is 6.54 Å². The minimum absolute atomic E-state index is 0.0431. The van der Waals surface area contributed by atoms with Crippen molar-refractivity contribution in [3.8, 4) is 0 Å². The Morgan fingerprint density at radius 2 is 2.15 bits per heavy atom. The highest BCUT2D eigenvalue weighted by Gasteiger charge is 2.16. The van der Waals surface area contributed by atoms with Crippen LogP contribution >= 0.6 is 22.9 Å². The molecule has 8 nitrogen and oxygen atoms in total. The lowest BCUT2D eigenvalue weighted by atomic mass is 10.2. The first-order chi connectivity index (χ1) is 12.8. The number of anilines is 1. The van der Waals surface area contributed by atoms with Crippen LogP contribution in [-0.2, 0) is 6.54 Å². The van der Waals surface area contributed by atoms with Crippen molar-refractivity contribution in [1.29, 1.82) is 0 Å². The van der Waals surface area contributed by atoms with Gasteiger partial charge in [-0.1, -0.05) is 17.7 Å². The fourth-order valence-corrected chi connectivity index (χ4v) is 3.07. The molecule has 0 spiro atoms. The van der Waals surface area contributed by atoms with Gasteiger partial charge >= 0.3 is 5.00 Å². The first kappa shape index (κ1) is 18.7. The van der Waals surface area contributed by atoms with E-state index in [1.807, 2.05) is 0 Å². The van der Waals surface area contributed by atoms with Crippen LogP contribution in [0.5, 0.6) is 0 Å². The average Bonchev–Trinajstić information content (AvgIpc) is 3.08. The molecule has 0 atom stereocenters. The second kappa shape index (κ2) is 7.64. The van der Waals surface area contributed by atoms with Gasteiger partial charge in [-0.05, 0) is 29.5 Å². The molecule has 3 rings (SSSR count). The van der Waals surface area contributed by atoms with Gasteiger partial charge in [-0.25, -0.2) is 9.37 Å². The number of rotatable bonds is 5. The van der Waals surface area contributed by atoms with E-state index in [9.17, 15) is 24.1 Å². The predicted molar refractivity (Wildman–Crippen MR) is 97.9 cm³/mol. The Morgan fingerprint density at radius 1 is 1.37 bits per heavy atom. The van der Waals surface area contributed by atoms with E-state index < -0.39 is 22.2 Å². The van der Waals surface area contributed by atoms with Crippen molar-refractivity contribution in [1.82, 2.24) is 9.55 Å². The maximum Gasteiger partial charge on any atom is 0.345 e. The van der Waals surface area contributed by atoms with Crippen LogP contribution in [0.2, 0.25) is 5.02 Å². The number of aromatic nitrogens is 2. The average molecular weight is 409 g/mol. The van der Waals surface area contributed by atoms with Crippen molar-refractivity contribution in [2.75, 3.05) is 5.32 Å². The van der Waals surface area contributed by atoms with Crippen LogP contribution in [0.3, 0.4) is 0 Å². The van der Waals surface area contributed by atoms with E-state index in [-0.39, 0.29) is 32.8 Å². The van der Waals surface area contributed by atoms with E-state index in [1.165, 1.54) is 30.5 Å². The molecule has 27 heavy (non-hydrogen) atoms. The van der Waals surface area contributed by atoms with Gasteiger partial charge in [0.1, 0.15) is 12.0 Å². The number of carbonyl (C=O) groups is 1. The molecular formula is C16H10ClFN4O4S. The summed E-state index contributed by atoms with van der Waals surface area (Å²) in [5, 5.41) is 13.1. The zero-order valence-electron chi connectivity index (χ0n) is 13.4. The van der Waals surface area contributed by atoms with Gasteiger partial charge in [0, 0.05) is 22.8 Å². The fraction of sp³-hybridized carbons (Fsp3) is 0.0625. The summed E-state index contributed by atoms with van der Waals surface area (Å²) in [4.78, 5) is 38.1. The molecule has 0 saturated heterocycles. The molecule has 0 aliphatic carbocycles. The third-order valence-electron chi connectivity index (χ3n) is 3.53. The summed E-state index contributed by atoms with van der Waals surface area (Å²) in [6, 6.07) is 6.61. The minimum Gasteiger partial charge on any atom is -0.310 e. The van der Waals surface area contributed by atoms with Gasteiger partial charge in [-0.3, -0.25) is 25.0 Å². The molecule has 3 aromatic rings. The van der Waals surface area contributed by atoms with Crippen molar-refractivity contribution < 1.29 is 14.1 Å². The highest BCUT2D eigenvalue weighted by atomic mass is 35.5. The number of benzene rings is 1. The fourth-order valence-electron chi connectivity index (χ4n) is 2.22. The van der Waals surface area contributed by atoms with Crippen molar-refractivity contribution in [3.63, 3.8) is 0 Å². The maximum atomic E-state index is 13.9. The Kier molecular flexibility index (Phi) is 5.28. The predicted octanol–water partition coefficient (Wildman–Crippen LogP) is 3.31. The van der Waals surface area contributed by atoms with Gasteiger partial charge < -0.3 is 4.57 Å². The second-order valence-corrected chi connectivity index (χ2v) is 6.72. The van der Waals surface area contributed by atoms with E-state index in [0.29, 0.717) is 11.3 Å². The SMILES string of the molecule is O=C(Nc1ncc([N+](=O)[O-])s1)c1ccc(=O)n(Cc2c(F)cccc2Cl)c1. The van der Waals surface area contributed by atoms with E-state index in [0.717, 1.165) is 16.8 Å². The van der Waals surface area contributed by atoms with Crippen LogP contribution in [0.1, 0.15) is 15.9 Å². The quantitative estimate of drug-likeness (QED) is 0.514. The summed E-state index contributed by atoms with van der Waals surface area (Å²) in [6.45, 7) is -0.159. The van der Waals surface area contributed by atoms with E-state index in [2.05, 4.69) is 10.3 Å². The molecule has 11 heteroatoms. The van der Waals surface area contributed by atoms with Gasteiger partial charge in [-0.15, -0.1) is 0 Å². The lowest BCUT2D eigenvalue weighted by molar-refractivity contribution is -0.380. The summed E-state index contributed by atoms with van der Waals surface area (Å²) >= 11 is 6.67. The number of nitrogens with zero attached hydrogens (tertiary/aromatic N) is 3. The molecule has 2 aromatic heterocycles. The van der Waals surface area contributed by atoms with Crippen LogP contribution in [0.15, 0.2) is 47.5 Å². The Labute approximate surface area is 160 Å². The normalized spacial score (nSPS) is 10.6. The highest BCUT2D eigenvalue weighted by Crippen LogP contribution is 2.25. The van der Waals surface area contributed by atoms with Gasteiger partial charge in [0.05, 0.1) is 17.0 Å². The molecule has 2 heterocycles. The van der Waals surface area contributed by atoms with Crippen LogP contribution in [0.25, 0.3) is 0 Å². The molecule has 0 aliphatic rings. The van der Waals surface area contributed by atoms with Gasteiger partial charge in [0.25, 0.3) is 11.5 Å². The van der Waals surface area contributed by atoms with E-state index in [1.54, 1.807) is 0 Å². The molecule has 0 bridgehead atoms. The second-order valence-electron chi connectivity index (χ2n) is 5.30. The van der Waals surface area contributed by atoms with Gasteiger partial charge in [-0.2, -0.15) is 0 Å². The van der Waals surface area contributed by atoms with Crippen LogP contribution < -0.4 is 10.9 Å². The monoisotopic (exact) mass is 408 g/mol. The number of hydrogen-bond donors (Lipinski definition) is 1. The minimum atomic E-state index is -0.619. The third kappa shape index (κ3) is 4.18. The summed E-state index contributed by atoms with van der Waals surface area (Å²) in [5.41, 5.74) is -0.231. The summed E-state index contributed by atoms with van der Waals surface area (Å²) < 4.78 is 15.1. The number of hydrogen-bond acceptors (Lipinski definition) is 6. The smallest absolute Gasteiger partial charge is 0.310 e. The molecular weight excluding hydrogens is 399 g/mol. The number of nitro groups is 1. The molecule has 0 saturated carbocycles. The number of thiazole rings is 1. The van der Waals surface area contributed by atoms with Crippen LogP contribution in [0.4, 0.5) is 14.5 Å². The Balaban J connectivity index is 1.85. The van der Waals surface area contributed by atoms with E-state index in [4.69, 9.17) is 11.6 Å². The van der Waals surface area contributed by atoms with Crippen LogP contribution in [0, 0.1) is 15.9 Å². The Bertz CT molecular complexity index is 1080. The third-order valence-corrected chi connectivity index (χ3v) is 4.75. The lowest BCUT2D eigenvalue weighted by Gasteiger charge is -2.10. The number of nitrogens with one attached hydrogen (secondary N) is 1. The largest absolute Gasteiger partial charge is 0.345 e.